The van der Waals surface area contributed by atoms with Gasteiger partial charge in [-0.15, -0.1) is 0 Å². The lowest BCUT2D eigenvalue weighted by molar-refractivity contribution is 0.0730. The molecule has 0 fully saturated rings. The molecule has 178 valence electrons. The lowest BCUT2D eigenvalue weighted by Crippen LogP contribution is -2.21. The van der Waals surface area contributed by atoms with E-state index >= 15 is 0 Å². The van der Waals surface area contributed by atoms with Gasteiger partial charge in [-0.05, 0) is 35.2 Å². The summed E-state index contributed by atoms with van der Waals surface area (Å²) < 4.78 is 16.4. The molecule has 1 aliphatic rings. The first-order valence-electron chi connectivity index (χ1n) is 11.4. The van der Waals surface area contributed by atoms with E-state index in [0.717, 1.165) is 5.56 Å². The van der Waals surface area contributed by atoms with Crippen LogP contribution >= 0.6 is 0 Å². The van der Waals surface area contributed by atoms with Gasteiger partial charge in [-0.25, -0.2) is 9.59 Å². The molecule has 7 heteroatoms. The van der Waals surface area contributed by atoms with E-state index in [1.54, 1.807) is 36.4 Å². The minimum absolute atomic E-state index is 0.0124. The SMILES string of the molecule is CC(C)c1ccc(C2C(C#N)=C(N)Oc3cc(OC(=O)c4cc5ccccc5oc4=O)ccc32)cc1. The number of nitrogens with zero attached hydrogens (tertiary/aromatic N) is 1. The summed E-state index contributed by atoms with van der Waals surface area (Å²) in [4.78, 5) is 25.1. The number of rotatable bonds is 4. The number of carbonyl (C=O) groups excluding carboxylic acids is 1. The zero-order valence-electron chi connectivity index (χ0n) is 19.6. The van der Waals surface area contributed by atoms with Crippen LogP contribution in [0.1, 0.15) is 52.7 Å². The van der Waals surface area contributed by atoms with E-state index in [1.165, 1.54) is 17.7 Å². The van der Waals surface area contributed by atoms with E-state index in [-0.39, 0.29) is 17.2 Å². The fourth-order valence-electron chi connectivity index (χ4n) is 4.28. The highest BCUT2D eigenvalue weighted by Crippen LogP contribution is 2.43. The summed E-state index contributed by atoms with van der Waals surface area (Å²) in [7, 11) is 0. The molecule has 0 saturated carbocycles. The highest BCUT2D eigenvalue weighted by molar-refractivity contribution is 5.94. The number of esters is 1. The molecule has 0 spiro atoms. The molecule has 0 saturated heterocycles. The molecular formula is C29H22N2O5. The number of fused-ring (bicyclic) bond motifs is 2. The van der Waals surface area contributed by atoms with Crippen molar-refractivity contribution < 1.29 is 18.7 Å². The number of para-hydroxylation sites is 1. The van der Waals surface area contributed by atoms with Crippen molar-refractivity contribution in [3.63, 3.8) is 0 Å². The van der Waals surface area contributed by atoms with Crippen LogP contribution in [-0.2, 0) is 0 Å². The predicted molar refractivity (Wildman–Crippen MR) is 134 cm³/mol. The van der Waals surface area contributed by atoms with Crippen molar-refractivity contribution in [1.29, 1.82) is 5.26 Å². The Kier molecular flexibility index (Phi) is 5.79. The normalized spacial score (nSPS) is 14.8. The molecule has 2 N–H and O–H groups in total. The Morgan fingerprint density at radius 1 is 1.06 bits per heavy atom. The van der Waals surface area contributed by atoms with Crippen LogP contribution in [0.15, 0.2) is 93.5 Å². The molecule has 1 aromatic heterocycles. The molecule has 0 radical (unpaired) electrons. The van der Waals surface area contributed by atoms with E-state index in [2.05, 4.69) is 19.9 Å². The molecule has 0 aliphatic carbocycles. The number of ether oxygens (including phenoxy) is 2. The molecule has 0 bridgehead atoms. The third-order valence-corrected chi connectivity index (χ3v) is 6.20. The first-order valence-corrected chi connectivity index (χ1v) is 11.4. The van der Waals surface area contributed by atoms with Gasteiger partial charge in [0.2, 0.25) is 5.88 Å². The maximum absolute atomic E-state index is 12.8. The fourth-order valence-corrected chi connectivity index (χ4v) is 4.28. The number of nitrogens with two attached hydrogens (primary N) is 1. The Morgan fingerprint density at radius 3 is 2.53 bits per heavy atom. The van der Waals surface area contributed by atoms with Crippen molar-refractivity contribution in [2.45, 2.75) is 25.7 Å². The van der Waals surface area contributed by atoms with Gasteiger partial charge in [0.05, 0.1) is 5.92 Å². The molecule has 7 nitrogen and oxygen atoms in total. The van der Waals surface area contributed by atoms with Gasteiger partial charge >= 0.3 is 11.6 Å². The van der Waals surface area contributed by atoms with E-state index in [0.29, 0.717) is 33.8 Å². The zero-order chi connectivity index (χ0) is 25.4. The van der Waals surface area contributed by atoms with Crippen LogP contribution in [0.2, 0.25) is 0 Å². The van der Waals surface area contributed by atoms with Gasteiger partial charge < -0.3 is 19.6 Å². The largest absolute Gasteiger partial charge is 0.440 e. The average Bonchev–Trinajstić information content (AvgIpc) is 2.87. The van der Waals surface area contributed by atoms with Crippen molar-refractivity contribution in [2.75, 3.05) is 0 Å². The quantitative estimate of drug-likeness (QED) is 0.239. The first kappa shape index (κ1) is 22.9. The second kappa shape index (κ2) is 9.08. The molecule has 36 heavy (non-hydrogen) atoms. The van der Waals surface area contributed by atoms with Crippen molar-refractivity contribution in [1.82, 2.24) is 0 Å². The summed E-state index contributed by atoms with van der Waals surface area (Å²) in [5.41, 5.74) is 8.56. The Morgan fingerprint density at radius 2 is 1.81 bits per heavy atom. The Labute approximate surface area is 207 Å². The second-order valence-corrected chi connectivity index (χ2v) is 8.82. The molecule has 4 aromatic rings. The van der Waals surface area contributed by atoms with Gasteiger partial charge in [0.25, 0.3) is 0 Å². The molecule has 1 aliphatic heterocycles. The number of hydrogen-bond donors (Lipinski definition) is 1. The standard InChI is InChI=1S/C29H22N2O5/c1-16(2)17-7-9-18(10-8-17)26-21-12-11-20(14-25(21)35-27(31)23(26)15-30)34-28(32)22-13-19-5-3-4-6-24(19)36-29(22)33/h3-14,16,26H,31H2,1-2H3. The van der Waals surface area contributed by atoms with Gasteiger partial charge in [0.15, 0.2) is 0 Å². The van der Waals surface area contributed by atoms with Crippen molar-refractivity contribution in [3.05, 3.63) is 117 Å². The van der Waals surface area contributed by atoms with Gasteiger partial charge in [0.1, 0.15) is 34.3 Å². The van der Waals surface area contributed by atoms with Crippen molar-refractivity contribution in [2.24, 2.45) is 5.73 Å². The maximum Gasteiger partial charge on any atom is 0.351 e. The Balaban J connectivity index is 1.48. The summed E-state index contributed by atoms with van der Waals surface area (Å²) in [6, 6.07) is 23.4. The molecule has 1 unspecified atom stereocenters. The van der Waals surface area contributed by atoms with Gasteiger partial charge in [-0.1, -0.05) is 62.4 Å². The Bertz CT molecular complexity index is 1620. The number of allylic oxidation sites excluding steroid dienone is 1. The van der Waals surface area contributed by atoms with E-state index in [4.69, 9.17) is 19.6 Å². The van der Waals surface area contributed by atoms with Gasteiger partial charge in [0, 0.05) is 17.0 Å². The fraction of sp³-hybridized carbons (Fsp3) is 0.138. The second-order valence-electron chi connectivity index (χ2n) is 8.82. The van der Waals surface area contributed by atoms with Gasteiger partial charge in [-0.3, -0.25) is 0 Å². The van der Waals surface area contributed by atoms with Crippen LogP contribution < -0.4 is 20.8 Å². The van der Waals surface area contributed by atoms with Crippen LogP contribution in [0.25, 0.3) is 11.0 Å². The summed E-state index contributed by atoms with van der Waals surface area (Å²) in [6.45, 7) is 4.23. The smallest absolute Gasteiger partial charge is 0.351 e. The van der Waals surface area contributed by atoms with Crippen molar-refractivity contribution in [3.8, 4) is 17.6 Å². The van der Waals surface area contributed by atoms with E-state index in [9.17, 15) is 14.9 Å². The molecule has 3 aromatic carbocycles. The first-order chi connectivity index (χ1) is 17.4. The minimum atomic E-state index is -0.854. The lowest BCUT2D eigenvalue weighted by Gasteiger charge is -2.27. The zero-order valence-corrected chi connectivity index (χ0v) is 19.6. The van der Waals surface area contributed by atoms with Crippen LogP contribution in [0, 0.1) is 11.3 Å². The third kappa shape index (κ3) is 4.10. The summed E-state index contributed by atoms with van der Waals surface area (Å²) in [5, 5.41) is 10.4. The molecule has 5 rings (SSSR count). The number of nitriles is 1. The highest BCUT2D eigenvalue weighted by atomic mass is 16.5. The third-order valence-electron chi connectivity index (χ3n) is 6.20. The number of benzene rings is 3. The van der Waals surface area contributed by atoms with Crippen molar-refractivity contribution >= 4 is 16.9 Å². The van der Waals surface area contributed by atoms with E-state index in [1.807, 2.05) is 24.3 Å². The van der Waals surface area contributed by atoms with Gasteiger partial charge in [-0.2, -0.15) is 5.26 Å². The summed E-state index contributed by atoms with van der Waals surface area (Å²) in [6.07, 6.45) is 0. The molecule has 1 atom stereocenters. The van der Waals surface area contributed by atoms with Crippen LogP contribution in [-0.4, -0.2) is 5.97 Å². The van der Waals surface area contributed by atoms with Crippen LogP contribution in [0.4, 0.5) is 0 Å². The lowest BCUT2D eigenvalue weighted by atomic mass is 9.83. The number of carbonyl (C=O) groups is 1. The van der Waals surface area contributed by atoms with E-state index < -0.39 is 17.5 Å². The minimum Gasteiger partial charge on any atom is -0.440 e. The topological polar surface area (TPSA) is 116 Å². The molecular weight excluding hydrogens is 456 g/mol. The average molecular weight is 479 g/mol. The molecule has 0 amide bonds. The molecule has 2 heterocycles. The summed E-state index contributed by atoms with van der Waals surface area (Å²) >= 11 is 0. The number of hydrogen-bond acceptors (Lipinski definition) is 7. The summed E-state index contributed by atoms with van der Waals surface area (Å²) in [5.74, 6) is -0.404. The van der Waals surface area contributed by atoms with Crippen LogP contribution in [0.5, 0.6) is 11.5 Å². The highest BCUT2D eigenvalue weighted by Gasteiger charge is 2.31. The predicted octanol–water partition coefficient (Wildman–Crippen LogP) is 5.35. The van der Waals surface area contributed by atoms with Crippen LogP contribution in [0.3, 0.4) is 0 Å². The maximum atomic E-state index is 12.8. The Hall–Kier alpha value is -4.83. The monoisotopic (exact) mass is 478 g/mol.